The first kappa shape index (κ1) is 17.4. The number of hydrogen-bond donors (Lipinski definition) is 3. The van der Waals surface area contributed by atoms with Crippen molar-refractivity contribution < 1.29 is 0 Å². The predicted molar refractivity (Wildman–Crippen MR) is 121 cm³/mol. The molecule has 0 saturated heterocycles. The third-order valence-corrected chi connectivity index (χ3v) is 5.85. The van der Waals surface area contributed by atoms with Gasteiger partial charge in [-0.05, 0) is 29.7 Å². The van der Waals surface area contributed by atoms with E-state index in [1.807, 2.05) is 37.3 Å². The number of nitrogens with one attached hydrogen (secondary N) is 2. The van der Waals surface area contributed by atoms with Crippen LogP contribution in [0.15, 0.2) is 54.7 Å². The molecule has 0 amide bonds. The van der Waals surface area contributed by atoms with Gasteiger partial charge in [0.05, 0.1) is 11.7 Å². The van der Waals surface area contributed by atoms with E-state index in [-0.39, 0.29) is 5.95 Å². The van der Waals surface area contributed by atoms with Gasteiger partial charge in [0.1, 0.15) is 11.6 Å². The van der Waals surface area contributed by atoms with Crippen LogP contribution in [0, 0.1) is 0 Å². The molecule has 3 aromatic heterocycles. The van der Waals surface area contributed by atoms with Crippen LogP contribution in [0.1, 0.15) is 0 Å². The lowest BCUT2D eigenvalue weighted by Gasteiger charge is -2.14. The molecular weight excluding hydrogens is 382 g/mol. The standard InChI is InChI=1S/C21H19N7S/c1-28(2)19-10-18(25-21(22)26-19)24-14-7-13-11-23-27-20(13)15(9-14)17-8-12-5-3-4-6-16(12)29-17/h3-11H,1-2H3,(H,23,27)(H3,22,24,25,26). The maximum Gasteiger partial charge on any atom is 0.223 e. The van der Waals surface area contributed by atoms with Crippen molar-refractivity contribution in [1.82, 2.24) is 20.2 Å². The molecular formula is C21H19N7S. The molecule has 0 bridgehead atoms. The number of aromatic nitrogens is 4. The molecule has 2 aromatic carbocycles. The van der Waals surface area contributed by atoms with E-state index in [0.29, 0.717) is 5.82 Å². The van der Waals surface area contributed by atoms with Gasteiger partial charge in [-0.3, -0.25) is 5.10 Å². The number of rotatable bonds is 4. The van der Waals surface area contributed by atoms with Gasteiger partial charge in [-0.15, -0.1) is 11.3 Å². The van der Waals surface area contributed by atoms with E-state index in [1.165, 1.54) is 15.0 Å². The average Bonchev–Trinajstić information content (AvgIpc) is 3.33. The summed E-state index contributed by atoms with van der Waals surface area (Å²) in [5.74, 6) is 1.62. The Hall–Kier alpha value is -3.65. The van der Waals surface area contributed by atoms with Gasteiger partial charge in [0, 0.05) is 46.4 Å². The van der Waals surface area contributed by atoms with Crippen LogP contribution >= 0.6 is 11.3 Å². The minimum Gasteiger partial charge on any atom is -0.368 e. The zero-order chi connectivity index (χ0) is 20.0. The fourth-order valence-corrected chi connectivity index (χ4v) is 4.42. The molecule has 0 radical (unpaired) electrons. The van der Waals surface area contributed by atoms with Gasteiger partial charge in [-0.1, -0.05) is 18.2 Å². The molecule has 7 nitrogen and oxygen atoms in total. The number of anilines is 4. The average molecular weight is 401 g/mol. The van der Waals surface area contributed by atoms with Gasteiger partial charge in [-0.25, -0.2) is 0 Å². The van der Waals surface area contributed by atoms with E-state index in [1.54, 1.807) is 11.3 Å². The molecule has 5 aromatic rings. The summed E-state index contributed by atoms with van der Waals surface area (Å²) in [5, 5.41) is 13.0. The summed E-state index contributed by atoms with van der Waals surface area (Å²) >= 11 is 1.76. The fourth-order valence-electron chi connectivity index (χ4n) is 3.33. The van der Waals surface area contributed by atoms with Crippen molar-refractivity contribution in [2.45, 2.75) is 0 Å². The Balaban J connectivity index is 1.61. The summed E-state index contributed by atoms with van der Waals surface area (Å²) in [7, 11) is 3.84. The molecule has 0 aliphatic heterocycles. The number of hydrogen-bond acceptors (Lipinski definition) is 7. The van der Waals surface area contributed by atoms with Crippen molar-refractivity contribution in [3.05, 3.63) is 54.7 Å². The third kappa shape index (κ3) is 3.23. The van der Waals surface area contributed by atoms with Crippen molar-refractivity contribution in [3.8, 4) is 10.4 Å². The van der Waals surface area contributed by atoms with E-state index in [2.05, 4.69) is 61.9 Å². The van der Waals surface area contributed by atoms with Gasteiger partial charge in [-0.2, -0.15) is 15.1 Å². The number of thiophene rings is 1. The van der Waals surface area contributed by atoms with Gasteiger partial charge in [0.2, 0.25) is 5.95 Å². The normalized spacial score (nSPS) is 11.2. The molecule has 0 fully saturated rings. The van der Waals surface area contributed by atoms with Crippen molar-refractivity contribution in [2.75, 3.05) is 30.0 Å². The molecule has 0 unspecified atom stereocenters. The van der Waals surface area contributed by atoms with Crippen LogP contribution in [0.2, 0.25) is 0 Å². The second kappa shape index (κ2) is 6.75. The Bertz CT molecular complexity index is 1300. The second-order valence-electron chi connectivity index (χ2n) is 7.00. The first-order valence-corrected chi connectivity index (χ1v) is 9.93. The summed E-state index contributed by atoms with van der Waals surface area (Å²) < 4.78 is 1.26. The van der Waals surface area contributed by atoms with Gasteiger partial charge in [0.15, 0.2) is 0 Å². The summed E-state index contributed by atoms with van der Waals surface area (Å²) in [5.41, 5.74) is 8.91. The van der Waals surface area contributed by atoms with Gasteiger partial charge in [0.25, 0.3) is 0 Å². The highest BCUT2D eigenvalue weighted by molar-refractivity contribution is 7.22. The number of H-pyrrole nitrogens is 1. The lowest BCUT2D eigenvalue weighted by Crippen LogP contribution is -2.13. The molecule has 0 aliphatic rings. The molecule has 0 saturated carbocycles. The van der Waals surface area contributed by atoms with E-state index in [0.717, 1.165) is 28.0 Å². The van der Waals surface area contributed by atoms with E-state index < -0.39 is 0 Å². The number of nitrogens with two attached hydrogens (primary N) is 1. The monoisotopic (exact) mass is 401 g/mol. The first-order chi connectivity index (χ1) is 14.1. The molecule has 0 spiro atoms. The topological polar surface area (TPSA) is 95.8 Å². The number of benzene rings is 2. The highest BCUT2D eigenvalue weighted by atomic mass is 32.1. The van der Waals surface area contributed by atoms with Gasteiger partial charge >= 0.3 is 0 Å². The van der Waals surface area contributed by atoms with Crippen molar-refractivity contribution in [1.29, 1.82) is 0 Å². The Morgan fingerprint density at radius 1 is 1.03 bits per heavy atom. The van der Waals surface area contributed by atoms with Crippen molar-refractivity contribution in [2.24, 2.45) is 0 Å². The maximum absolute atomic E-state index is 5.89. The maximum atomic E-state index is 5.89. The highest BCUT2D eigenvalue weighted by Crippen LogP contribution is 2.38. The van der Waals surface area contributed by atoms with Crippen LogP contribution < -0.4 is 16.0 Å². The van der Waals surface area contributed by atoms with Crippen LogP contribution in [0.25, 0.3) is 31.4 Å². The largest absolute Gasteiger partial charge is 0.368 e. The fraction of sp³-hybridized carbons (Fsp3) is 0.0952. The van der Waals surface area contributed by atoms with E-state index in [9.17, 15) is 0 Å². The minimum atomic E-state index is 0.229. The summed E-state index contributed by atoms with van der Waals surface area (Å²) in [4.78, 5) is 11.6. The SMILES string of the molecule is CN(C)c1cc(Nc2cc(-c3cc4ccccc4s3)c3[nH]ncc3c2)nc(N)n1. The van der Waals surface area contributed by atoms with Crippen molar-refractivity contribution in [3.63, 3.8) is 0 Å². The number of fused-ring (bicyclic) bond motifs is 2. The number of nitrogen functional groups attached to an aromatic ring is 1. The molecule has 4 N–H and O–H groups in total. The Morgan fingerprint density at radius 3 is 2.72 bits per heavy atom. The molecule has 0 aliphatic carbocycles. The smallest absolute Gasteiger partial charge is 0.223 e. The number of nitrogens with zero attached hydrogens (tertiary/aromatic N) is 4. The first-order valence-electron chi connectivity index (χ1n) is 9.12. The molecule has 144 valence electrons. The molecule has 0 atom stereocenters. The van der Waals surface area contributed by atoms with E-state index in [4.69, 9.17) is 5.73 Å². The molecule has 29 heavy (non-hydrogen) atoms. The van der Waals surface area contributed by atoms with Crippen LogP contribution in [0.5, 0.6) is 0 Å². The van der Waals surface area contributed by atoms with Crippen LogP contribution in [0.4, 0.5) is 23.3 Å². The van der Waals surface area contributed by atoms with E-state index >= 15 is 0 Å². The molecule has 8 heteroatoms. The third-order valence-electron chi connectivity index (χ3n) is 4.70. The van der Waals surface area contributed by atoms with Crippen LogP contribution in [0.3, 0.4) is 0 Å². The number of aromatic amines is 1. The zero-order valence-electron chi connectivity index (χ0n) is 16.0. The second-order valence-corrected chi connectivity index (χ2v) is 8.08. The quantitative estimate of drug-likeness (QED) is 0.406. The van der Waals surface area contributed by atoms with Crippen LogP contribution in [-0.4, -0.2) is 34.3 Å². The zero-order valence-corrected chi connectivity index (χ0v) is 16.8. The van der Waals surface area contributed by atoms with Gasteiger partial charge < -0.3 is 16.0 Å². The predicted octanol–water partition coefficient (Wildman–Crippen LogP) is 4.63. The Kier molecular flexibility index (Phi) is 4.06. The summed E-state index contributed by atoms with van der Waals surface area (Å²) in [6.45, 7) is 0. The Morgan fingerprint density at radius 2 is 1.90 bits per heavy atom. The van der Waals surface area contributed by atoms with Crippen LogP contribution in [-0.2, 0) is 0 Å². The lowest BCUT2D eigenvalue weighted by atomic mass is 10.1. The minimum absolute atomic E-state index is 0.229. The van der Waals surface area contributed by atoms with Crippen molar-refractivity contribution >= 4 is 55.6 Å². The molecule has 5 rings (SSSR count). The highest BCUT2D eigenvalue weighted by Gasteiger charge is 2.13. The summed E-state index contributed by atoms with van der Waals surface area (Å²) in [6.07, 6.45) is 1.83. The summed E-state index contributed by atoms with van der Waals surface area (Å²) in [6, 6.07) is 16.6. The lowest BCUT2D eigenvalue weighted by molar-refractivity contribution is 1.05. The molecule has 3 heterocycles. The Labute approximate surface area is 171 Å².